The Bertz CT molecular complexity index is 998. The highest BCUT2D eigenvalue weighted by atomic mass is 16.5. The average molecular weight is 403 g/mol. The molecule has 0 spiro atoms. The van der Waals surface area contributed by atoms with Crippen LogP contribution in [0.4, 0.5) is 5.69 Å². The smallest absolute Gasteiger partial charge is 0.266 e. The van der Waals surface area contributed by atoms with Crippen molar-refractivity contribution in [2.24, 2.45) is 0 Å². The van der Waals surface area contributed by atoms with Crippen molar-refractivity contribution in [1.29, 1.82) is 0 Å². The summed E-state index contributed by atoms with van der Waals surface area (Å²) in [7, 11) is 0. The number of amides is 2. The van der Waals surface area contributed by atoms with Crippen LogP contribution in [0, 0.1) is 0 Å². The minimum atomic E-state index is -0.773. The first-order chi connectivity index (χ1) is 14.6. The molecule has 3 aromatic carbocycles. The minimum absolute atomic E-state index is 0.0706. The number of fused-ring (bicyclic) bond motifs is 1. The average Bonchev–Trinajstić information content (AvgIpc) is 3.04. The SMILES string of the molecule is O=C1c2ccccc2C(=O)N1c1ccc(OCC(O)COCc2ccccc2)cc1. The molecule has 2 amide bonds. The normalized spacial score (nSPS) is 14.0. The Morgan fingerprint density at radius 2 is 1.37 bits per heavy atom. The van der Waals surface area contributed by atoms with Crippen LogP contribution in [0.2, 0.25) is 0 Å². The zero-order chi connectivity index (χ0) is 20.9. The van der Waals surface area contributed by atoms with Crippen LogP contribution in [0.5, 0.6) is 5.75 Å². The summed E-state index contributed by atoms with van der Waals surface area (Å²) in [6.45, 7) is 0.649. The van der Waals surface area contributed by atoms with Crippen LogP contribution in [0.25, 0.3) is 0 Å². The highest BCUT2D eigenvalue weighted by molar-refractivity contribution is 6.34. The molecule has 4 rings (SSSR count). The summed E-state index contributed by atoms with van der Waals surface area (Å²) in [6.07, 6.45) is -0.773. The lowest BCUT2D eigenvalue weighted by molar-refractivity contribution is 0.00549. The Morgan fingerprint density at radius 1 is 0.767 bits per heavy atom. The summed E-state index contributed by atoms with van der Waals surface area (Å²) >= 11 is 0. The molecule has 1 heterocycles. The summed E-state index contributed by atoms with van der Waals surface area (Å²) in [5.41, 5.74) is 2.32. The quantitative estimate of drug-likeness (QED) is 0.583. The van der Waals surface area contributed by atoms with Crippen LogP contribution in [0.3, 0.4) is 0 Å². The van der Waals surface area contributed by atoms with E-state index >= 15 is 0 Å². The van der Waals surface area contributed by atoms with Crippen molar-refractivity contribution in [2.45, 2.75) is 12.7 Å². The fraction of sp³-hybridized carbons (Fsp3) is 0.167. The van der Waals surface area contributed by atoms with E-state index in [0.717, 1.165) is 10.5 Å². The molecule has 1 N–H and O–H groups in total. The molecular formula is C24H21NO5. The molecule has 0 aliphatic carbocycles. The minimum Gasteiger partial charge on any atom is -0.491 e. The Balaban J connectivity index is 1.29. The molecule has 0 bridgehead atoms. The number of rotatable bonds is 8. The zero-order valence-corrected chi connectivity index (χ0v) is 16.2. The number of hydrogen-bond acceptors (Lipinski definition) is 5. The van der Waals surface area contributed by atoms with Gasteiger partial charge in [-0.25, -0.2) is 4.90 Å². The maximum Gasteiger partial charge on any atom is 0.266 e. The summed E-state index contributed by atoms with van der Waals surface area (Å²) < 4.78 is 11.1. The van der Waals surface area contributed by atoms with Crippen LogP contribution in [0.15, 0.2) is 78.9 Å². The van der Waals surface area contributed by atoms with Crippen molar-refractivity contribution in [3.05, 3.63) is 95.6 Å². The van der Waals surface area contributed by atoms with E-state index < -0.39 is 6.10 Å². The number of aliphatic hydroxyl groups excluding tert-OH is 1. The number of ether oxygens (including phenoxy) is 2. The van der Waals surface area contributed by atoms with E-state index in [1.165, 1.54) is 0 Å². The molecule has 3 aromatic rings. The molecule has 0 radical (unpaired) electrons. The van der Waals surface area contributed by atoms with Gasteiger partial charge in [-0.15, -0.1) is 0 Å². The van der Waals surface area contributed by atoms with Gasteiger partial charge < -0.3 is 14.6 Å². The van der Waals surface area contributed by atoms with E-state index in [2.05, 4.69) is 0 Å². The number of carbonyl (C=O) groups excluding carboxylic acids is 2. The van der Waals surface area contributed by atoms with Gasteiger partial charge in [0.2, 0.25) is 0 Å². The predicted octanol–water partition coefficient (Wildman–Crippen LogP) is 3.44. The number of hydrogen-bond donors (Lipinski definition) is 1. The Hall–Kier alpha value is -3.48. The third kappa shape index (κ3) is 4.25. The van der Waals surface area contributed by atoms with E-state index in [1.54, 1.807) is 48.5 Å². The predicted molar refractivity (Wildman–Crippen MR) is 112 cm³/mol. The van der Waals surface area contributed by atoms with E-state index in [1.807, 2.05) is 30.3 Å². The maximum absolute atomic E-state index is 12.5. The number of aliphatic hydroxyl groups is 1. The molecule has 0 saturated carbocycles. The Morgan fingerprint density at radius 3 is 2.00 bits per heavy atom. The van der Waals surface area contributed by atoms with Crippen LogP contribution in [-0.2, 0) is 11.3 Å². The molecule has 1 aliphatic rings. The molecule has 152 valence electrons. The first-order valence-electron chi connectivity index (χ1n) is 9.64. The largest absolute Gasteiger partial charge is 0.491 e. The van der Waals surface area contributed by atoms with Gasteiger partial charge in [0.25, 0.3) is 11.8 Å². The van der Waals surface area contributed by atoms with Crippen molar-refractivity contribution in [3.63, 3.8) is 0 Å². The Labute approximate surface area is 174 Å². The highest BCUT2D eigenvalue weighted by Crippen LogP contribution is 2.29. The third-order valence-corrected chi connectivity index (χ3v) is 4.75. The molecule has 0 aromatic heterocycles. The molecule has 1 unspecified atom stereocenters. The summed E-state index contributed by atoms with van der Waals surface area (Å²) in [5.74, 6) is -0.150. The van der Waals surface area contributed by atoms with Gasteiger partial charge in [0.05, 0.1) is 30.0 Å². The Kier molecular flexibility index (Phi) is 5.88. The molecule has 6 heteroatoms. The van der Waals surface area contributed by atoms with Crippen LogP contribution in [0.1, 0.15) is 26.3 Å². The molecule has 1 aliphatic heterocycles. The van der Waals surface area contributed by atoms with Gasteiger partial charge in [0.15, 0.2) is 0 Å². The van der Waals surface area contributed by atoms with Crippen molar-refractivity contribution >= 4 is 17.5 Å². The second-order valence-electron chi connectivity index (χ2n) is 6.95. The number of benzene rings is 3. The van der Waals surface area contributed by atoms with Gasteiger partial charge in [-0.1, -0.05) is 42.5 Å². The van der Waals surface area contributed by atoms with Crippen LogP contribution < -0.4 is 9.64 Å². The second-order valence-corrected chi connectivity index (χ2v) is 6.95. The zero-order valence-electron chi connectivity index (χ0n) is 16.2. The van der Waals surface area contributed by atoms with Crippen LogP contribution in [-0.4, -0.2) is 36.2 Å². The molecule has 0 fully saturated rings. The first kappa shape index (κ1) is 19.8. The summed E-state index contributed by atoms with van der Waals surface area (Å²) in [4.78, 5) is 26.2. The maximum atomic E-state index is 12.5. The number of imide groups is 1. The van der Waals surface area contributed by atoms with Gasteiger partial charge in [-0.2, -0.15) is 0 Å². The van der Waals surface area contributed by atoms with Crippen molar-refractivity contribution in [2.75, 3.05) is 18.1 Å². The van der Waals surface area contributed by atoms with Crippen molar-refractivity contribution in [3.8, 4) is 5.75 Å². The topological polar surface area (TPSA) is 76.1 Å². The van der Waals surface area contributed by atoms with E-state index in [0.29, 0.717) is 29.2 Å². The van der Waals surface area contributed by atoms with Gasteiger partial charge in [-0.3, -0.25) is 9.59 Å². The summed E-state index contributed by atoms with van der Waals surface area (Å²) in [6, 6.07) is 23.1. The molecule has 0 saturated heterocycles. The number of nitrogens with zero attached hydrogens (tertiary/aromatic N) is 1. The van der Waals surface area contributed by atoms with Crippen molar-refractivity contribution < 1.29 is 24.2 Å². The fourth-order valence-corrected chi connectivity index (χ4v) is 3.24. The monoisotopic (exact) mass is 403 g/mol. The lowest BCUT2D eigenvalue weighted by Crippen LogP contribution is -2.29. The number of carbonyl (C=O) groups is 2. The lowest BCUT2D eigenvalue weighted by Gasteiger charge is -2.16. The van der Waals surface area contributed by atoms with Gasteiger partial charge >= 0.3 is 0 Å². The standard InChI is InChI=1S/C24H21NO5/c26-19(15-29-14-17-6-2-1-3-7-17)16-30-20-12-10-18(11-13-20)25-23(27)21-8-4-5-9-22(21)24(25)28/h1-13,19,26H,14-16H2. The van der Waals surface area contributed by atoms with E-state index in [4.69, 9.17) is 9.47 Å². The fourth-order valence-electron chi connectivity index (χ4n) is 3.24. The van der Waals surface area contributed by atoms with E-state index in [9.17, 15) is 14.7 Å². The second kappa shape index (κ2) is 8.90. The van der Waals surface area contributed by atoms with Gasteiger partial charge in [0.1, 0.15) is 18.5 Å². The summed E-state index contributed by atoms with van der Waals surface area (Å²) in [5, 5.41) is 10.0. The number of anilines is 1. The highest BCUT2D eigenvalue weighted by Gasteiger charge is 2.36. The third-order valence-electron chi connectivity index (χ3n) is 4.75. The van der Waals surface area contributed by atoms with Gasteiger partial charge in [-0.05, 0) is 42.0 Å². The van der Waals surface area contributed by atoms with E-state index in [-0.39, 0.29) is 25.0 Å². The van der Waals surface area contributed by atoms with Crippen molar-refractivity contribution in [1.82, 2.24) is 0 Å². The lowest BCUT2D eigenvalue weighted by atomic mass is 10.1. The first-order valence-corrected chi connectivity index (χ1v) is 9.64. The van der Waals surface area contributed by atoms with Gasteiger partial charge in [0, 0.05) is 0 Å². The molecule has 6 nitrogen and oxygen atoms in total. The molecule has 30 heavy (non-hydrogen) atoms. The molecule has 1 atom stereocenters. The molecular weight excluding hydrogens is 382 g/mol. The van der Waals surface area contributed by atoms with Crippen LogP contribution >= 0.6 is 0 Å².